The van der Waals surface area contributed by atoms with Gasteiger partial charge in [0, 0.05) is 12.6 Å². The largest absolute Gasteiger partial charge is 0.341 e. The normalized spacial score (nSPS) is 19.9. The zero-order valence-electron chi connectivity index (χ0n) is 9.46. The van der Waals surface area contributed by atoms with Crippen molar-refractivity contribution in [2.75, 3.05) is 5.32 Å². The molecule has 0 aliphatic carbocycles. The highest BCUT2D eigenvalue weighted by molar-refractivity contribution is 6.01. The van der Waals surface area contributed by atoms with Crippen LogP contribution in [0.4, 0.5) is 5.95 Å². The number of imide groups is 1. The Hall–Kier alpha value is -2.44. The molecule has 3 heterocycles. The van der Waals surface area contributed by atoms with Crippen molar-refractivity contribution in [1.29, 1.82) is 0 Å². The molecule has 2 aromatic heterocycles. The van der Waals surface area contributed by atoms with Crippen molar-refractivity contribution < 1.29 is 9.59 Å². The van der Waals surface area contributed by atoms with Gasteiger partial charge in [-0.3, -0.25) is 14.9 Å². The van der Waals surface area contributed by atoms with Crippen molar-refractivity contribution in [2.45, 2.75) is 18.9 Å². The maximum atomic E-state index is 11.6. The first-order valence-electron chi connectivity index (χ1n) is 5.64. The van der Waals surface area contributed by atoms with Gasteiger partial charge in [0.05, 0.1) is 0 Å². The van der Waals surface area contributed by atoms with Gasteiger partial charge in [-0.1, -0.05) is 6.07 Å². The van der Waals surface area contributed by atoms with E-state index in [0.717, 1.165) is 0 Å². The maximum absolute atomic E-state index is 11.6. The van der Waals surface area contributed by atoms with Crippen molar-refractivity contribution in [3.05, 3.63) is 24.4 Å². The predicted molar refractivity (Wildman–Crippen MR) is 62.8 cm³/mol. The average molecular weight is 245 g/mol. The molecule has 0 spiro atoms. The Morgan fingerprint density at radius 2 is 2.28 bits per heavy atom. The third kappa shape index (κ3) is 1.90. The molecule has 0 bridgehead atoms. The van der Waals surface area contributed by atoms with Crippen LogP contribution >= 0.6 is 0 Å². The molecular weight excluding hydrogens is 234 g/mol. The van der Waals surface area contributed by atoms with Gasteiger partial charge in [-0.15, -0.1) is 5.10 Å². The number of piperidine rings is 1. The molecule has 2 N–H and O–H groups in total. The topological polar surface area (TPSA) is 88.4 Å². The zero-order chi connectivity index (χ0) is 12.5. The van der Waals surface area contributed by atoms with E-state index in [1.54, 1.807) is 10.7 Å². The van der Waals surface area contributed by atoms with E-state index < -0.39 is 6.04 Å². The maximum Gasteiger partial charge on any atom is 0.249 e. The third-order valence-corrected chi connectivity index (χ3v) is 2.78. The van der Waals surface area contributed by atoms with E-state index in [4.69, 9.17) is 0 Å². The van der Waals surface area contributed by atoms with Gasteiger partial charge < -0.3 is 5.32 Å². The Kier molecular flexibility index (Phi) is 2.44. The summed E-state index contributed by atoms with van der Waals surface area (Å²) in [4.78, 5) is 26.8. The Bertz CT molecular complexity index is 588. The fourth-order valence-corrected chi connectivity index (χ4v) is 1.88. The number of hydrogen-bond donors (Lipinski definition) is 2. The first-order valence-corrected chi connectivity index (χ1v) is 5.64. The molecule has 18 heavy (non-hydrogen) atoms. The highest BCUT2D eigenvalue weighted by Gasteiger charge is 2.27. The minimum atomic E-state index is -0.458. The van der Waals surface area contributed by atoms with E-state index in [9.17, 15) is 9.59 Å². The molecule has 0 aromatic carbocycles. The van der Waals surface area contributed by atoms with Crippen LogP contribution in [0.3, 0.4) is 0 Å². The first kappa shape index (κ1) is 10.7. The van der Waals surface area contributed by atoms with Gasteiger partial charge in [0.2, 0.25) is 17.8 Å². The average Bonchev–Trinajstić information content (AvgIpc) is 2.75. The van der Waals surface area contributed by atoms with Crippen molar-refractivity contribution in [1.82, 2.24) is 19.9 Å². The molecule has 1 saturated heterocycles. The second kappa shape index (κ2) is 4.10. The summed E-state index contributed by atoms with van der Waals surface area (Å²) >= 11 is 0. The lowest BCUT2D eigenvalue weighted by atomic mass is 10.1. The minimum Gasteiger partial charge on any atom is -0.341 e. The highest BCUT2D eigenvalue weighted by atomic mass is 16.2. The minimum absolute atomic E-state index is 0.235. The second-order valence-electron chi connectivity index (χ2n) is 4.09. The summed E-state index contributed by atoms with van der Waals surface area (Å²) in [5, 5.41) is 9.40. The third-order valence-electron chi connectivity index (χ3n) is 2.78. The lowest BCUT2D eigenvalue weighted by Crippen LogP contribution is -2.47. The van der Waals surface area contributed by atoms with Gasteiger partial charge in [-0.25, -0.2) is 4.52 Å². The Morgan fingerprint density at radius 1 is 1.39 bits per heavy atom. The van der Waals surface area contributed by atoms with Gasteiger partial charge in [0.25, 0.3) is 0 Å². The first-order chi connectivity index (χ1) is 8.72. The fourth-order valence-electron chi connectivity index (χ4n) is 1.88. The summed E-state index contributed by atoms with van der Waals surface area (Å²) in [6.45, 7) is 0. The summed E-state index contributed by atoms with van der Waals surface area (Å²) in [7, 11) is 0. The van der Waals surface area contributed by atoms with E-state index in [-0.39, 0.29) is 11.8 Å². The van der Waals surface area contributed by atoms with E-state index >= 15 is 0 Å². The molecule has 0 radical (unpaired) electrons. The number of amides is 2. The molecule has 1 aliphatic heterocycles. The fraction of sp³-hybridized carbons (Fsp3) is 0.273. The zero-order valence-corrected chi connectivity index (χ0v) is 9.46. The standard InChI is InChI=1S/C11H11N5O2/c17-9-5-4-7(10(18)14-9)12-11-13-8-3-1-2-6-16(8)15-11/h1-3,6-7H,4-5H2,(H,12,15)(H,14,17,18). The van der Waals surface area contributed by atoms with Gasteiger partial charge in [-0.05, 0) is 18.6 Å². The Labute approximate surface area is 102 Å². The molecule has 3 rings (SSSR count). The molecule has 7 heteroatoms. The number of nitrogens with zero attached hydrogens (tertiary/aromatic N) is 3. The molecular formula is C11H11N5O2. The van der Waals surface area contributed by atoms with Crippen LogP contribution in [0.1, 0.15) is 12.8 Å². The van der Waals surface area contributed by atoms with E-state index in [0.29, 0.717) is 24.4 Å². The summed E-state index contributed by atoms with van der Waals surface area (Å²) < 4.78 is 1.62. The summed E-state index contributed by atoms with van der Waals surface area (Å²) in [6.07, 6.45) is 2.56. The molecule has 92 valence electrons. The Morgan fingerprint density at radius 3 is 3.06 bits per heavy atom. The SMILES string of the molecule is O=C1CCC(Nc2nc3ccccn3n2)C(=O)N1. The van der Waals surface area contributed by atoms with Crippen LogP contribution in [0.2, 0.25) is 0 Å². The van der Waals surface area contributed by atoms with Crippen LogP contribution in [-0.4, -0.2) is 32.5 Å². The highest BCUT2D eigenvalue weighted by Crippen LogP contribution is 2.11. The van der Waals surface area contributed by atoms with Gasteiger partial charge in [0.15, 0.2) is 5.65 Å². The summed E-state index contributed by atoms with van der Waals surface area (Å²) in [5.74, 6) is -0.179. The van der Waals surface area contributed by atoms with E-state index in [1.165, 1.54) is 0 Å². The number of rotatable bonds is 2. The lowest BCUT2D eigenvalue weighted by Gasteiger charge is -2.20. The van der Waals surface area contributed by atoms with Crippen molar-refractivity contribution >= 4 is 23.4 Å². The number of fused-ring (bicyclic) bond motifs is 1. The van der Waals surface area contributed by atoms with Crippen LogP contribution in [0.5, 0.6) is 0 Å². The number of carbonyl (C=O) groups is 2. The van der Waals surface area contributed by atoms with E-state index in [1.807, 2.05) is 18.2 Å². The number of hydrogen-bond acceptors (Lipinski definition) is 5. The monoisotopic (exact) mass is 245 g/mol. The number of carbonyl (C=O) groups excluding carboxylic acids is 2. The molecule has 1 unspecified atom stereocenters. The molecule has 1 aliphatic rings. The number of nitrogens with one attached hydrogen (secondary N) is 2. The van der Waals surface area contributed by atoms with Gasteiger partial charge >= 0.3 is 0 Å². The van der Waals surface area contributed by atoms with Crippen LogP contribution in [0.15, 0.2) is 24.4 Å². The molecule has 1 atom stereocenters. The van der Waals surface area contributed by atoms with Crippen LogP contribution < -0.4 is 10.6 Å². The Balaban J connectivity index is 1.79. The lowest BCUT2D eigenvalue weighted by molar-refractivity contribution is -0.133. The smallest absolute Gasteiger partial charge is 0.249 e. The number of anilines is 1. The number of pyridine rings is 1. The molecule has 7 nitrogen and oxygen atoms in total. The van der Waals surface area contributed by atoms with Crippen LogP contribution in [-0.2, 0) is 9.59 Å². The number of aromatic nitrogens is 3. The molecule has 2 amide bonds. The summed E-state index contributed by atoms with van der Waals surface area (Å²) in [6, 6.07) is 5.07. The van der Waals surface area contributed by atoms with Crippen LogP contribution in [0.25, 0.3) is 5.65 Å². The van der Waals surface area contributed by atoms with Gasteiger partial charge in [-0.2, -0.15) is 4.98 Å². The molecule has 2 aromatic rings. The van der Waals surface area contributed by atoms with Crippen molar-refractivity contribution in [2.24, 2.45) is 0 Å². The van der Waals surface area contributed by atoms with Crippen molar-refractivity contribution in [3.63, 3.8) is 0 Å². The van der Waals surface area contributed by atoms with E-state index in [2.05, 4.69) is 20.7 Å². The predicted octanol–water partition coefficient (Wildman–Crippen LogP) is -0.0536. The van der Waals surface area contributed by atoms with Gasteiger partial charge in [0.1, 0.15) is 6.04 Å². The quantitative estimate of drug-likeness (QED) is 0.724. The van der Waals surface area contributed by atoms with Crippen LogP contribution in [0, 0.1) is 0 Å². The molecule has 1 fully saturated rings. The van der Waals surface area contributed by atoms with Crippen molar-refractivity contribution in [3.8, 4) is 0 Å². The summed E-state index contributed by atoms with van der Waals surface area (Å²) in [5.41, 5.74) is 0.701. The second-order valence-corrected chi connectivity index (χ2v) is 4.09. The molecule has 0 saturated carbocycles.